The summed E-state index contributed by atoms with van der Waals surface area (Å²) in [5, 5.41) is 16.1. The fraction of sp³-hybridized carbons (Fsp3) is 0.500. The van der Waals surface area contributed by atoms with Gasteiger partial charge in [0, 0.05) is 24.0 Å². The molecule has 20 heavy (non-hydrogen) atoms. The third kappa shape index (κ3) is 2.65. The number of fused-ring (bicyclic) bond motifs is 1. The van der Waals surface area contributed by atoms with Gasteiger partial charge < -0.3 is 10.4 Å². The van der Waals surface area contributed by atoms with Gasteiger partial charge in [-0.2, -0.15) is 5.10 Å². The fourth-order valence-corrected chi connectivity index (χ4v) is 2.25. The van der Waals surface area contributed by atoms with Crippen LogP contribution in [0.1, 0.15) is 40.8 Å². The van der Waals surface area contributed by atoms with E-state index in [-0.39, 0.29) is 18.6 Å². The standard InChI is InChI=1S/C14H20N4O2/c1-8(5-6-19)16-14(20)12-11(4)17-18-10(3)7-9(2)15-13(12)18/h7-8,19H,5-6H2,1-4H3,(H,16,20)/t8-/m1/s1. The molecule has 2 rings (SSSR count). The quantitative estimate of drug-likeness (QED) is 0.878. The molecule has 2 aromatic rings. The van der Waals surface area contributed by atoms with E-state index in [4.69, 9.17) is 5.11 Å². The Morgan fingerprint density at radius 2 is 2.15 bits per heavy atom. The molecule has 1 amide bonds. The Balaban J connectivity index is 2.43. The second-order valence-electron chi connectivity index (χ2n) is 5.12. The van der Waals surface area contributed by atoms with Crippen molar-refractivity contribution in [3.63, 3.8) is 0 Å². The summed E-state index contributed by atoms with van der Waals surface area (Å²) in [5.41, 5.74) is 3.53. The van der Waals surface area contributed by atoms with Gasteiger partial charge in [0.15, 0.2) is 5.65 Å². The van der Waals surface area contributed by atoms with Gasteiger partial charge in [-0.1, -0.05) is 0 Å². The van der Waals surface area contributed by atoms with Crippen LogP contribution in [0, 0.1) is 20.8 Å². The molecule has 0 aliphatic carbocycles. The lowest BCUT2D eigenvalue weighted by molar-refractivity contribution is 0.0935. The molecule has 0 radical (unpaired) electrons. The number of hydrogen-bond donors (Lipinski definition) is 2. The van der Waals surface area contributed by atoms with Crippen molar-refractivity contribution in [2.45, 2.75) is 40.2 Å². The SMILES string of the molecule is Cc1cc(C)n2nc(C)c(C(=O)N[C@H](C)CCO)c2n1. The lowest BCUT2D eigenvalue weighted by Crippen LogP contribution is -2.33. The van der Waals surface area contributed by atoms with E-state index in [1.807, 2.05) is 26.8 Å². The summed E-state index contributed by atoms with van der Waals surface area (Å²) in [6, 6.07) is 1.84. The smallest absolute Gasteiger partial charge is 0.257 e. The van der Waals surface area contributed by atoms with Gasteiger partial charge in [0.25, 0.3) is 5.91 Å². The van der Waals surface area contributed by atoms with Crippen molar-refractivity contribution in [1.82, 2.24) is 19.9 Å². The number of amides is 1. The van der Waals surface area contributed by atoms with E-state index in [2.05, 4.69) is 15.4 Å². The molecule has 2 aromatic heterocycles. The van der Waals surface area contributed by atoms with Crippen molar-refractivity contribution in [2.24, 2.45) is 0 Å². The van der Waals surface area contributed by atoms with Gasteiger partial charge in [0.05, 0.1) is 5.69 Å². The molecular weight excluding hydrogens is 256 g/mol. The highest BCUT2D eigenvalue weighted by Crippen LogP contribution is 2.16. The molecule has 0 saturated carbocycles. The lowest BCUT2D eigenvalue weighted by atomic mass is 10.2. The average Bonchev–Trinajstić information content (AvgIpc) is 2.66. The first-order valence-electron chi connectivity index (χ1n) is 6.69. The van der Waals surface area contributed by atoms with Crippen LogP contribution in [0.4, 0.5) is 0 Å². The Morgan fingerprint density at radius 3 is 2.80 bits per heavy atom. The predicted molar refractivity (Wildman–Crippen MR) is 75.8 cm³/mol. The minimum absolute atomic E-state index is 0.0473. The van der Waals surface area contributed by atoms with Gasteiger partial charge in [-0.05, 0) is 40.2 Å². The number of aryl methyl sites for hydroxylation is 3. The van der Waals surface area contributed by atoms with Crippen LogP contribution < -0.4 is 5.32 Å². The summed E-state index contributed by atoms with van der Waals surface area (Å²) in [6.07, 6.45) is 0.523. The van der Waals surface area contributed by atoms with Crippen LogP contribution >= 0.6 is 0 Å². The number of rotatable bonds is 4. The Hall–Kier alpha value is -1.95. The summed E-state index contributed by atoms with van der Waals surface area (Å²) >= 11 is 0. The van der Waals surface area contributed by atoms with Gasteiger partial charge in [-0.25, -0.2) is 9.50 Å². The van der Waals surface area contributed by atoms with E-state index in [0.717, 1.165) is 11.4 Å². The van der Waals surface area contributed by atoms with Crippen LogP contribution in [0.15, 0.2) is 6.07 Å². The van der Waals surface area contributed by atoms with Crippen LogP contribution in [0.25, 0.3) is 5.65 Å². The van der Waals surface area contributed by atoms with Gasteiger partial charge in [0.1, 0.15) is 5.56 Å². The highest BCUT2D eigenvalue weighted by atomic mass is 16.3. The van der Waals surface area contributed by atoms with E-state index in [0.29, 0.717) is 23.3 Å². The van der Waals surface area contributed by atoms with Crippen molar-refractivity contribution in [3.8, 4) is 0 Å². The van der Waals surface area contributed by atoms with Crippen molar-refractivity contribution >= 4 is 11.6 Å². The fourth-order valence-electron chi connectivity index (χ4n) is 2.25. The molecular formula is C14H20N4O2. The highest BCUT2D eigenvalue weighted by Gasteiger charge is 2.20. The molecule has 0 aliphatic heterocycles. The molecule has 0 spiro atoms. The van der Waals surface area contributed by atoms with Gasteiger partial charge in [-0.15, -0.1) is 0 Å². The molecule has 6 heteroatoms. The normalized spacial score (nSPS) is 12.7. The number of aliphatic hydroxyl groups excluding tert-OH is 1. The molecule has 2 N–H and O–H groups in total. The Labute approximate surface area is 117 Å². The number of carbonyl (C=O) groups is 1. The molecule has 1 atom stereocenters. The molecule has 6 nitrogen and oxygen atoms in total. The first-order valence-corrected chi connectivity index (χ1v) is 6.69. The molecule has 2 heterocycles. The zero-order chi connectivity index (χ0) is 14.9. The first-order chi connectivity index (χ1) is 9.43. The van der Waals surface area contributed by atoms with E-state index >= 15 is 0 Å². The third-order valence-electron chi connectivity index (χ3n) is 3.24. The molecule has 0 aromatic carbocycles. The maximum Gasteiger partial charge on any atom is 0.257 e. The number of hydrogen-bond acceptors (Lipinski definition) is 4. The van der Waals surface area contributed by atoms with Crippen molar-refractivity contribution < 1.29 is 9.90 Å². The number of aromatic nitrogens is 3. The molecule has 0 aliphatic rings. The van der Waals surface area contributed by atoms with E-state index in [1.165, 1.54) is 0 Å². The number of nitrogens with one attached hydrogen (secondary N) is 1. The van der Waals surface area contributed by atoms with Gasteiger partial charge >= 0.3 is 0 Å². The lowest BCUT2D eigenvalue weighted by Gasteiger charge is -2.12. The summed E-state index contributed by atoms with van der Waals surface area (Å²) < 4.78 is 1.69. The summed E-state index contributed by atoms with van der Waals surface area (Å²) in [6.45, 7) is 7.54. The topological polar surface area (TPSA) is 79.5 Å². The second-order valence-corrected chi connectivity index (χ2v) is 5.12. The molecule has 0 unspecified atom stereocenters. The molecule has 0 bridgehead atoms. The third-order valence-corrected chi connectivity index (χ3v) is 3.24. The van der Waals surface area contributed by atoms with E-state index in [9.17, 15) is 4.79 Å². The minimum Gasteiger partial charge on any atom is -0.396 e. The maximum atomic E-state index is 12.4. The zero-order valence-electron chi connectivity index (χ0n) is 12.3. The zero-order valence-corrected chi connectivity index (χ0v) is 12.3. The monoisotopic (exact) mass is 276 g/mol. The first kappa shape index (κ1) is 14.5. The average molecular weight is 276 g/mol. The van der Waals surface area contributed by atoms with E-state index in [1.54, 1.807) is 11.4 Å². The van der Waals surface area contributed by atoms with E-state index < -0.39 is 0 Å². The Morgan fingerprint density at radius 1 is 1.45 bits per heavy atom. The van der Waals surface area contributed by atoms with Gasteiger partial charge in [-0.3, -0.25) is 4.79 Å². The molecule has 0 fully saturated rings. The highest BCUT2D eigenvalue weighted by molar-refractivity contribution is 6.01. The molecule has 0 saturated heterocycles. The Kier molecular flexibility index (Phi) is 4.04. The minimum atomic E-state index is -0.198. The summed E-state index contributed by atoms with van der Waals surface area (Å²) in [4.78, 5) is 16.8. The Bertz CT molecular complexity index is 648. The molecule has 108 valence electrons. The van der Waals surface area contributed by atoms with Crippen LogP contribution in [0.5, 0.6) is 0 Å². The van der Waals surface area contributed by atoms with Crippen LogP contribution in [0.3, 0.4) is 0 Å². The van der Waals surface area contributed by atoms with Crippen molar-refractivity contribution in [1.29, 1.82) is 0 Å². The largest absolute Gasteiger partial charge is 0.396 e. The second kappa shape index (κ2) is 5.58. The van der Waals surface area contributed by atoms with Gasteiger partial charge in [0.2, 0.25) is 0 Å². The maximum absolute atomic E-state index is 12.4. The van der Waals surface area contributed by atoms with Crippen LogP contribution in [-0.4, -0.2) is 38.3 Å². The number of nitrogens with zero attached hydrogens (tertiary/aromatic N) is 3. The van der Waals surface area contributed by atoms with Crippen molar-refractivity contribution in [3.05, 3.63) is 28.7 Å². The number of aliphatic hydroxyl groups is 1. The summed E-state index contributed by atoms with van der Waals surface area (Å²) in [7, 11) is 0. The number of carbonyl (C=O) groups excluding carboxylic acids is 1. The van der Waals surface area contributed by atoms with Crippen LogP contribution in [0.2, 0.25) is 0 Å². The summed E-state index contributed by atoms with van der Waals surface area (Å²) in [5.74, 6) is -0.198. The van der Waals surface area contributed by atoms with Crippen molar-refractivity contribution in [2.75, 3.05) is 6.61 Å². The van der Waals surface area contributed by atoms with Crippen LogP contribution in [-0.2, 0) is 0 Å². The predicted octanol–water partition coefficient (Wildman–Crippen LogP) is 1.16.